The van der Waals surface area contributed by atoms with Gasteiger partial charge in [-0.15, -0.1) is 0 Å². The first-order valence-corrected chi connectivity index (χ1v) is 6.69. The quantitative estimate of drug-likeness (QED) is 0.804. The fourth-order valence-corrected chi connectivity index (χ4v) is 2.68. The van der Waals surface area contributed by atoms with Crippen LogP contribution in [0, 0.1) is 5.41 Å². The van der Waals surface area contributed by atoms with Crippen LogP contribution in [-0.4, -0.2) is 32.1 Å². The summed E-state index contributed by atoms with van der Waals surface area (Å²) in [6.07, 6.45) is 3.84. The van der Waals surface area contributed by atoms with Crippen LogP contribution in [0.3, 0.4) is 0 Å². The summed E-state index contributed by atoms with van der Waals surface area (Å²) in [5.74, 6) is 0.934. The summed E-state index contributed by atoms with van der Waals surface area (Å²) in [6.45, 7) is 2.94. The van der Waals surface area contributed by atoms with Gasteiger partial charge in [-0.05, 0) is 56.0 Å². The molecule has 0 unspecified atom stereocenters. The summed E-state index contributed by atoms with van der Waals surface area (Å²) in [7, 11) is 3.90. The Hall–Kier alpha value is -1.06. The molecule has 0 radical (unpaired) electrons. The Morgan fingerprint density at radius 3 is 2.78 bits per heavy atom. The van der Waals surface area contributed by atoms with Gasteiger partial charge in [0.2, 0.25) is 0 Å². The number of ether oxygens (including phenoxy) is 1. The molecule has 3 heteroatoms. The van der Waals surface area contributed by atoms with Crippen LogP contribution in [0.5, 0.6) is 5.75 Å². The van der Waals surface area contributed by atoms with Crippen LogP contribution < -0.4 is 10.5 Å². The Bertz CT molecular complexity index is 388. The average Bonchev–Trinajstić information content (AvgIpc) is 3.09. The van der Waals surface area contributed by atoms with Crippen molar-refractivity contribution in [3.8, 4) is 5.75 Å². The SMILES string of the molecule is COc1cccc(CN(C)CC2(CCN)CC2)c1. The van der Waals surface area contributed by atoms with Crippen molar-refractivity contribution in [1.82, 2.24) is 4.90 Å². The monoisotopic (exact) mass is 248 g/mol. The van der Waals surface area contributed by atoms with E-state index in [0.29, 0.717) is 5.41 Å². The van der Waals surface area contributed by atoms with E-state index in [2.05, 4.69) is 30.1 Å². The second-order valence-corrected chi connectivity index (χ2v) is 5.56. The Balaban J connectivity index is 1.88. The maximum Gasteiger partial charge on any atom is 0.119 e. The Labute approximate surface area is 110 Å². The van der Waals surface area contributed by atoms with E-state index in [9.17, 15) is 0 Å². The minimum atomic E-state index is 0.516. The molecule has 0 bridgehead atoms. The summed E-state index contributed by atoms with van der Waals surface area (Å²) < 4.78 is 5.25. The molecule has 2 N–H and O–H groups in total. The first kappa shape index (κ1) is 13.4. The van der Waals surface area contributed by atoms with E-state index in [1.165, 1.54) is 18.4 Å². The maximum atomic E-state index is 5.69. The zero-order valence-electron chi connectivity index (χ0n) is 11.5. The van der Waals surface area contributed by atoms with Gasteiger partial charge in [-0.25, -0.2) is 0 Å². The molecule has 1 aliphatic carbocycles. The highest BCUT2D eigenvalue weighted by Gasteiger charge is 2.42. The molecule has 0 amide bonds. The molecule has 2 rings (SSSR count). The number of hydrogen-bond donors (Lipinski definition) is 1. The molecule has 0 saturated heterocycles. The van der Waals surface area contributed by atoms with Crippen molar-refractivity contribution in [3.63, 3.8) is 0 Å². The fraction of sp³-hybridized carbons (Fsp3) is 0.600. The molecule has 1 fully saturated rings. The second kappa shape index (κ2) is 5.72. The second-order valence-electron chi connectivity index (χ2n) is 5.56. The Kier molecular flexibility index (Phi) is 4.25. The van der Waals surface area contributed by atoms with Crippen LogP contribution in [0.15, 0.2) is 24.3 Å². The molecule has 0 spiro atoms. The van der Waals surface area contributed by atoms with Crippen molar-refractivity contribution in [3.05, 3.63) is 29.8 Å². The standard InChI is InChI=1S/C15H24N2O/c1-17(12-15(6-7-15)8-9-16)11-13-4-3-5-14(10-13)18-2/h3-5,10H,6-9,11-12,16H2,1-2H3. The molecule has 1 aliphatic rings. The smallest absolute Gasteiger partial charge is 0.119 e. The lowest BCUT2D eigenvalue weighted by Gasteiger charge is -2.23. The van der Waals surface area contributed by atoms with Gasteiger partial charge in [0.1, 0.15) is 5.75 Å². The van der Waals surface area contributed by atoms with E-state index in [1.807, 2.05) is 6.07 Å². The van der Waals surface area contributed by atoms with Crippen molar-refractivity contribution in [2.75, 3.05) is 27.2 Å². The van der Waals surface area contributed by atoms with E-state index in [0.717, 1.165) is 31.8 Å². The van der Waals surface area contributed by atoms with Crippen LogP contribution in [0.4, 0.5) is 0 Å². The van der Waals surface area contributed by atoms with E-state index in [4.69, 9.17) is 10.5 Å². The van der Waals surface area contributed by atoms with Gasteiger partial charge in [-0.3, -0.25) is 0 Å². The third-order valence-electron chi connectivity index (χ3n) is 3.82. The molecular weight excluding hydrogens is 224 g/mol. The highest BCUT2D eigenvalue weighted by atomic mass is 16.5. The largest absolute Gasteiger partial charge is 0.497 e. The van der Waals surface area contributed by atoms with Gasteiger partial charge in [-0.1, -0.05) is 12.1 Å². The topological polar surface area (TPSA) is 38.5 Å². The normalized spacial score (nSPS) is 16.9. The number of hydrogen-bond acceptors (Lipinski definition) is 3. The van der Waals surface area contributed by atoms with Crippen LogP contribution in [0.2, 0.25) is 0 Å². The summed E-state index contributed by atoms with van der Waals surface area (Å²) >= 11 is 0. The van der Waals surface area contributed by atoms with Gasteiger partial charge in [-0.2, -0.15) is 0 Å². The lowest BCUT2D eigenvalue weighted by molar-refractivity contribution is 0.248. The van der Waals surface area contributed by atoms with Crippen molar-refractivity contribution >= 4 is 0 Å². The third-order valence-corrected chi connectivity index (χ3v) is 3.82. The minimum absolute atomic E-state index is 0.516. The van der Waals surface area contributed by atoms with Gasteiger partial charge in [0.15, 0.2) is 0 Å². The van der Waals surface area contributed by atoms with Crippen molar-refractivity contribution in [1.29, 1.82) is 0 Å². The number of nitrogens with two attached hydrogens (primary N) is 1. The number of nitrogens with zero attached hydrogens (tertiary/aromatic N) is 1. The molecule has 0 aromatic heterocycles. The average molecular weight is 248 g/mol. The van der Waals surface area contributed by atoms with Crippen molar-refractivity contribution < 1.29 is 4.74 Å². The Morgan fingerprint density at radius 2 is 2.17 bits per heavy atom. The van der Waals surface area contributed by atoms with E-state index >= 15 is 0 Å². The predicted octanol–water partition coefficient (Wildman–Crippen LogP) is 2.26. The highest BCUT2D eigenvalue weighted by Crippen LogP contribution is 2.48. The summed E-state index contributed by atoms with van der Waals surface area (Å²) in [5.41, 5.74) is 7.51. The van der Waals surface area contributed by atoms with Crippen LogP contribution in [-0.2, 0) is 6.54 Å². The molecule has 3 nitrogen and oxygen atoms in total. The van der Waals surface area contributed by atoms with Gasteiger partial charge in [0.05, 0.1) is 7.11 Å². The molecule has 0 aliphatic heterocycles. The van der Waals surface area contributed by atoms with Gasteiger partial charge in [0.25, 0.3) is 0 Å². The highest BCUT2D eigenvalue weighted by molar-refractivity contribution is 5.28. The van der Waals surface area contributed by atoms with Gasteiger partial charge < -0.3 is 15.4 Å². The number of rotatable bonds is 7. The van der Waals surface area contributed by atoms with Crippen molar-refractivity contribution in [2.45, 2.75) is 25.8 Å². The van der Waals surface area contributed by atoms with Crippen LogP contribution in [0.25, 0.3) is 0 Å². The summed E-state index contributed by atoms with van der Waals surface area (Å²) in [5, 5.41) is 0. The first-order chi connectivity index (χ1) is 8.67. The van der Waals surface area contributed by atoms with Gasteiger partial charge in [0, 0.05) is 13.1 Å². The van der Waals surface area contributed by atoms with Crippen LogP contribution >= 0.6 is 0 Å². The Morgan fingerprint density at radius 1 is 1.39 bits per heavy atom. The minimum Gasteiger partial charge on any atom is -0.497 e. The maximum absolute atomic E-state index is 5.69. The molecule has 0 atom stereocenters. The zero-order valence-corrected chi connectivity index (χ0v) is 11.5. The van der Waals surface area contributed by atoms with E-state index in [-0.39, 0.29) is 0 Å². The molecular formula is C15H24N2O. The summed E-state index contributed by atoms with van der Waals surface area (Å²) in [6, 6.07) is 8.30. The zero-order chi connectivity index (χ0) is 13.0. The third kappa shape index (κ3) is 3.47. The lowest BCUT2D eigenvalue weighted by Crippen LogP contribution is -2.27. The fourth-order valence-electron chi connectivity index (χ4n) is 2.68. The van der Waals surface area contributed by atoms with Crippen molar-refractivity contribution in [2.24, 2.45) is 11.1 Å². The van der Waals surface area contributed by atoms with Crippen LogP contribution in [0.1, 0.15) is 24.8 Å². The van der Waals surface area contributed by atoms with E-state index in [1.54, 1.807) is 7.11 Å². The molecule has 1 aromatic rings. The molecule has 18 heavy (non-hydrogen) atoms. The number of benzene rings is 1. The first-order valence-electron chi connectivity index (χ1n) is 6.69. The molecule has 1 aromatic carbocycles. The number of methoxy groups -OCH3 is 1. The molecule has 0 heterocycles. The lowest BCUT2D eigenvalue weighted by atomic mass is 10.0. The molecule has 1 saturated carbocycles. The molecule has 100 valence electrons. The van der Waals surface area contributed by atoms with Gasteiger partial charge >= 0.3 is 0 Å². The predicted molar refractivity (Wildman–Crippen MR) is 74.7 cm³/mol. The summed E-state index contributed by atoms with van der Waals surface area (Å²) in [4.78, 5) is 2.40. The van der Waals surface area contributed by atoms with E-state index < -0.39 is 0 Å².